The van der Waals surface area contributed by atoms with E-state index < -0.39 is 0 Å². The molecular weight excluding hydrogens is 240 g/mol. The number of aromatic nitrogens is 2. The van der Waals surface area contributed by atoms with Gasteiger partial charge in [0.2, 0.25) is 5.91 Å². The maximum absolute atomic E-state index is 11.8. The minimum absolute atomic E-state index is 0.154. The van der Waals surface area contributed by atoms with Crippen LogP contribution in [0.4, 0.5) is 0 Å². The predicted octanol–water partition coefficient (Wildman–Crippen LogP) is 1.12. The number of hydrogen-bond acceptors (Lipinski definition) is 3. The molecule has 0 aromatic carbocycles. The fourth-order valence-electron chi connectivity index (χ4n) is 2.51. The van der Waals surface area contributed by atoms with Crippen molar-refractivity contribution in [3.05, 3.63) is 17.5 Å². The van der Waals surface area contributed by atoms with Crippen LogP contribution in [0.5, 0.6) is 0 Å². The Morgan fingerprint density at radius 3 is 2.89 bits per heavy atom. The molecule has 2 N–H and O–H groups in total. The molecule has 0 bridgehead atoms. The van der Waals surface area contributed by atoms with Crippen molar-refractivity contribution in [1.29, 1.82) is 0 Å². The Balaban J connectivity index is 1.68. The minimum Gasteiger partial charge on any atom is -0.352 e. The van der Waals surface area contributed by atoms with E-state index in [1.165, 1.54) is 12.8 Å². The number of carbonyl (C=O) groups is 1. The summed E-state index contributed by atoms with van der Waals surface area (Å²) in [4.78, 5) is 11.8. The summed E-state index contributed by atoms with van der Waals surface area (Å²) in [6.07, 6.45) is 5.88. The molecule has 1 saturated heterocycles. The lowest BCUT2D eigenvalue weighted by Crippen LogP contribution is -2.29. The van der Waals surface area contributed by atoms with E-state index in [4.69, 9.17) is 0 Å². The maximum atomic E-state index is 11.8. The van der Waals surface area contributed by atoms with Gasteiger partial charge in [0.15, 0.2) is 0 Å². The Kier molecular flexibility index (Phi) is 4.96. The zero-order chi connectivity index (χ0) is 13.7. The van der Waals surface area contributed by atoms with Gasteiger partial charge in [-0.3, -0.25) is 9.48 Å². The maximum Gasteiger partial charge on any atom is 0.220 e. The van der Waals surface area contributed by atoms with Crippen LogP contribution in [0.25, 0.3) is 0 Å². The van der Waals surface area contributed by atoms with Gasteiger partial charge in [0.05, 0.1) is 6.20 Å². The summed E-state index contributed by atoms with van der Waals surface area (Å²) in [5, 5.41) is 10.5. The van der Waals surface area contributed by atoms with Crippen LogP contribution >= 0.6 is 0 Å². The van der Waals surface area contributed by atoms with Gasteiger partial charge in [-0.25, -0.2) is 0 Å². The molecule has 0 unspecified atom stereocenters. The number of hydrogen-bond donors (Lipinski definition) is 2. The highest BCUT2D eigenvalue weighted by Gasteiger charge is 2.14. The topological polar surface area (TPSA) is 59.0 Å². The zero-order valence-corrected chi connectivity index (χ0v) is 11.9. The van der Waals surface area contributed by atoms with E-state index in [1.807, 2.05) is 24.9 Å². The molecule has 5 heteroatoms. The molecule has 0 saturated carbocycles. The Morgan fingerprint density at radius 2 is 2.26 bits per heavy atom. The van der Waals surface area contributed by atoms with Gasteiger partial charge in [-0.1, -0.05) is 0 Å². The van der Waals surface area contributed by atoms with Crippen LogP contribution in [0.1, 0.15) is 36.9 Å². The molecule has 2 rings (SSSR count). The van der Waals surface area contributed by atoms with Gasteiger partial charge in [0.1, 0.15) is 0 Å². The summed E-state index contributed by atoms with van der Waals surface area (Å²) in [6, 6.07) is 0. The molecular formula is C14H24N4O. The third-order valence-electron chi connectivity index (χ3n) is 4.05. The van der Waals surface area contributed by atoms with E-state index >= 15 is 0 Å². The van der Waals surface area contributed by atoms with Crippen molar-refractivity contribution < 1.29 is 4.79 Å². The third kappa shape index (κ3) is 4.06. The van der Waals surface area contributed by atoms with Crippen molar-refractivity contribution in [2.45, 2.75) is 39.2 Å². The van der Waals surface area contributed by atoms with Crippen LogP contribution in [-0.2, 0) is 18.4 Å². The lowest BCUT2D eigenvalue weighted by molar-refractivity contribution is -0.121. The quantitative estimate of drug-likeness (QED) is 0.838. The van der Waals surface area contributed by atoms with E-state index in [9.17, 15) is 4.79 Å². The lowest BCUT2D eigenvalue weighted by Gasteiger charge is -2.22. The highest BCUT2D eigenvalue weighted by molar-refractivity contribution is 5.75. The summed E-state index contributed by atoms with van der Waals surface area (Å²) in [7, 11) is 1.91. The van der Waals surface area contributed by atoms with E-state index in [-0.39, 0.29) is 5.91 Å². The molecule has 0 aliphatic carbocycles. The first-order chi connectivity index (χ1) is 9.16. The molecule has 0 atom stereocenters. The summed E-state index contributed by atoms with van der Waals surface area (Å²) in [5.41, 5.74) is 2.20. The Labute approximate surface area is 114 Å². The standard InChI is InChI=1S/C14H24N4O/c1-11-13(10-17-18(11)2)9-16-14(19)4-3-12-5-7-15-8-6-12/h10,12,15H,3-9H2,1-2H3,(H,16,19). The smallest absolute Gasteiger partial charge is 0.220 e. The van der Waals surface area contributed by atoms with Crippen molar-refractivity contribution in [3.8, 4) is 0 Å². The molecule has 5 nitrogen and oxygen atoms in total. The number of aryl methyl sites for hydroxylation is 1. The number of rotatable bonds is 5. The highest BCUT2D eigenvalue weighted by atomic mass is 16.1. The van der Waals surface area contributed by atoms with Gasteiger partial charge >= 0.3 is 0 Å². The molecule has 19 heavy (non-hydrogen) atoms. The molecule has 1 aliphatic rings. The highest BCUT2D eigenvalue weighted by Crippen LogP contribution is 2.17. The van der Waals surface area contributed by atoms with Gasteiger partial charge < -0.3 is 10.6 Å². The molecule has 106 valence electrons. The predicted molar refractivity (Wildman–Crippen MR) is 74.6 cm³/mol. The Hall–Kier alpha value is -1.36. The van der Waals surface area contributed by atoms with E-state index in [0.717, 1.165) is 30.8 Å². The fraction of sp³-hybridized carbons (Fsp3) is 0.714. The average molecular weight is 264 g/mol. The Morgan fingerprint density at radius 1 is 1.53 bits per heavy atom. The van der Waals surface area contributed by atoms with Crippen LogP contribution in [0.2, 0.25) is 0 Å². The monoisotopic (exact) mass is 264 g/mol. The molecule has 1 aromatic rings. The van der Waals surface area contributed by atoms with Crippen LogP contribution in [-0.4, -0.2) is 28.8 Å². The normalized spacial score (nSPS) is 16.5. The van der Waals surface area contributed by atoms with E-state index in [0.29, 0.717) is 18.9 Å². The summed E-state index contributed by atoms with van der Waals surface area (Å²) in [6.45, 7) is 4.80. The number of amides is 1. The van der Waals surface area contributed by atoms with Gasteiger partial charge in [-0.15, -0.1) is 0 Å². The number of carbonyl (C=O) groups excluding carboxylic acids is 1. The van der Waals surface area contributed by atoms with Gasteiger partial charge in [-0.05, 0) is 45.2 Å². The fourth-order valence-corrected chi connectivity index (χ4v) is 2.51. The second-order valence-corrected chi connectivity index (χ2v) is 5.39. The summed E-state index contributed by atoms with van der Waals surface area (Å²) in [5.74, 6) is 0.869. The number of nitrogens with one attached hydrogen (secondary N) is 2. The Bertz CT molecular complexity index is 421. The molecule has 1 amide bonds. The van der Waals surface area contributed by atoms with Crippen LogP contribution in [0.15, 0.2) is 6.20 Å². The lowest BCUT2D eigenvalue weighted by atomic mass is 9.93. The largest absolute Gasteiger partial charge is 0.352 e. The van der Waals surface area contributed by atoms with Gasteiger partial charge in [0, 0.05) is 31.3 Å². The minimum atomic E-state index is 0.154. The van der Waals surface area contributed by atoms with Crippen LogP contribution in [0.3, 0.4) is 0 Å². The molecule has 1 aromatic heterocycles. The third-order valence-corrected chi connectivity index (χ3v) is 4.05. The zero-order valence-electron chi connectivity index (χ0n) is 11.9. The van der Waals surface area contributed by atoms with Crippen LogP contribution in [0, 0.1) is 12.8 Å². The SMILES string of the molecule is Cc1c(CNC(=O)CCC2CCNCC2)cnn1C. The van der Waals surface area contributed by atoms with Crippen molar-refractivity contribution in [2.24, 2.45) is 13.0 Å². The van der Waals surface area contributed by atoms with Crippen molar-refractivity contribution in [2.75, 3.05) is 13.1 Å². The van der Waals surface area contributed by atoms with Gasteiger partial charge in [-0.2, -0.15) is 5.10 Å². The van der Waals surface area contributed by atoms with Gasteiger partial charge in [0.25, 0.3) is 0 Å². The van der Waals surface area contributed by atoms with Crippen molar-refractivity contribution >= 4 is 5.91 Å². The second kappa shape index (κ2) is 6.70. The number of nitrogens with zero attached hydrogens (tertiary/aromatic N) is 2. The molecule has 2 heterocycles. The molecule has 1 fully saturated rings. The summed E-state index contributed by atoms with van der Waals surface area (Å²) < 4.78 is 1.83. The molecule has 1 aliphatic heterocycles. The first-order valence-corrected chi connectivity index (χ1v) is 7.11. The number of piperidine rings is 1. The molecule has 0 spiro atoms. The second-order valence-electron chi connectivity index (χ2n) is 5.39. The van der Waals surface area contributed by atoms with E-state index in [1.54, 1.807) is 0 Å². The average Bonchev–Trinajstić information content (AvgIpc) is 2.75. The first-order valence-electron chi connectivity index (χ1n) is 7.11. The first kappa shape index (κ1) is 14.1. The van der Waals surface area contributed by atoms with Crippen molar-refractivity contribution in [3.63, 3.8) is 0 Å². The van der Waals surface area contributed by atoms with E-state index in [2.05, 4.69) is 15.7 Å². The van der Waals surface area contributed by atoms with Crippen LogP contribution < -0.4 is 10.6 Å². The van der Waals surface area contributed by atoms with Crippen molar-refractivity contribution in [1.82, 2.24) is 20.4 Å². The summed E-state index contributed by atoms with van der Waals surface area (Å²) >= 11 is 0. The molecule has 0 radical (unpaired) electrons.